The number of carbonyl (C=O) groups excluding carboxylic acids is 1. The summed E-state index contributed by atoms with van der Waals surface area (Å²) in [6.45, 7) is 6.64. The van der Waals surface area contributed by atoms with E-state index in [4.69, 9.17) is 0 Å². The fourth-order valence-corrected chi connectivity index (χ4v) is 3.23. The minimum Gasteiger partial charge on any atom is -0.618 e. The van der Waals surface area contributed by atoms with Gasteiger partial charge in [-0.05, 0) is 69.2 Å². The van der Waals surface area contributed by atoms with Gasteiger partial charge in [-0.1, -0.05) is 6.07 Å². The number of benzene rings is 1. The molecule has 0 radical (unpaired) electrons. The normalized spacial score (nSPS) is 13.0. The molecule has 2 aromatic heterocycles. The van der Waals surface area contributed by atoms with Gasteiger partial charge in [0.1, 0.15) is 0 Å². The molecule has 3 aromatic rings. The van der Waals surface area contributed by atoms with E-state index in [-0.39, 0.29) is 15.9 Å². The van der Waals surface area contributed by atoms with E-state index in [1.165, 1.54) is 0 Å². The van der Waals surface area contributed by atoms with Crippen LogP contribution in [0.5, 0.6) is 0 Å². The Kier molecular flexibility index (Phi) is 6.46. The molecule has 6 nitrogen and oxygen atoms in total. The zero-order valence-corrected chi connectivity index (χ0v) is 18.6. The van der Waals surface area contributed by atoms with Crippen LogP contribution in [-0.2, 0) is 11.8 Å². The number of amides is 1. The second-order valence-corrected chi connectivity index (χ2v) is 8.45. The molecule has 0 unspecified atom stereocenters. The first-order valence-corrected chi connectivity index (χ1v) is 10.2. The van der Waals surface area contributed by atoms with Gasteiger partial charge in [-0.25, -0.2) is 0 Å². The predicted octanol–water partition coefficient (Wildman–Crippen LogP) is 4.43. The van der Waals surface area contributed by atoms with Crippen molar-refractivity contribution in [3.63, 3.8) is 0 Å². The van der Waals surface area contributed by atoms with Crippen molar-refractivity contribution < 1.29 is 27.8 Å². The van der Waals surface area contributed by atoms with Gasteiger partial charge in [0.25, 0.3) is 11.6 Å². The standard InChI is InChI=1S/C24H24F3N3O3/c1-14-5-7-20(28-12-14)17-9-18(11-19(10-17)23(3,4)32)22(31)29-15(2)16-6-8-21(24(25,26)27)30(33)13-16/h5-13,15,32H,1-4H3,(H,29,31)/t15-/m1/s1. The molecular weight excluding hydrogens is 435 g/mol. The van der Waals surface area contributed by atoms with E-state index in [1.54, 1.807) is 51.2 Å². The number of nitrogens with one attached hydrogen (secondary N) is 1. The third-order valence-electron chi connectivity index (χ3n) is 5.18. The minimum atomic E-state index is -4.77. The second-order valence-electron chi connectivity index (χ2n) is 8.45. The van der Waals surface area contributed by atoms with E-state index in [1.807, 2.05) is 13.0 Å². The lowest BCUT2D eigenvalue weighted by Crippen LogP contribution is -2.38. The Bertz CT molecular complexity index is 1170. The van der Waals surface area contributed by atoms with E-state index in [0.717, 1.165) is 17.8 Å². The number of nitrogens with zero attached hydrogens (tertiary/aromatic N) is 2. The highest BCUT2D eigenvalue weighted by Crippen LogP contribution is 2.29. The van der Waals surface area contributed by atoms with Crippen molar-refractivity contribution in [1.82, 2.24) is 10.3 Å². The third-order valence-corrected chi connectivity index (χ3v) is 5.18. The maximum absolute atomic E-state index is 13.0. The number of rotatable bonds is 5. The molecule has 174 valence electrons. The van der Waals surface area contributed by atoms with Crippen molar-refractivity contribution in [3.8, 4) is 11.3 Å². The Morgan fingerprint density at radius 3 is 2.39 bits per heavy atom. The molecule has 3 rings (SSSR count). The van der Waals surface area contributed by atoms with Gasteiger partial charge in [0.2, 0.25) is 0 Å². The zero-order valence-electron chi connectivity index (χ0n) is 18.6. The smallest absolute Gasteiger partial charge is 0.478 e. The highest BCUT2D eigenvalue weighted by molar-refractivity contribution is 5.96. The van der Waals surface area contributed by atoms with Gasteiger partial charge in [-0.3, -0.25) is 9.78 Å². The Hall–Kier alpha value is -3.46. The number of carbonyl (C=O) groups is 1. The van der Waals surface area contributed by atoms with Gasteiger partial charge < -0.3 is 15.6 Å². The molecule has 0 spiro atoms. The number of aliphatic hydroxyl groups is 1. The van der Waals surface area contributed by atoms with Crippen LogP contribution in [0.1, 0.15) is 59.6 Å². The van der Waals surface area contributed by atoms with Crippen molar-refractivity contribution in [2.24, 2.45) is 0 Å². The molecule has 1 aromatic carbocycles. The number of pyridine rings is 2. The summed E-state index contributed by atoms with van der Waals surface area (Å²) in [5, 5.41) is 25.0. The van der Waals surface area contributed by atoms with Crippen molar-refractivity contribution in [3.05, 3.63) is 88.0 Å². The van der Waals surface area contributed by atoms with E-state index >= 15 is 0 Å². The zero-order chi connectivity index (χ0) is 24.6. The molecule has 0 aliphatic rings. The number of hydrogen-bond donors (Lipinski definition) is 2. The van der Waals surface area contributed by atoms with Crippen molar-refractivity contribution >= 4 is 5.91 Å². The largest absolute Gasteiger partial charge is 0.618 e. The molecule has 2 N–H and O–H groups in total. The first-order valence-electron chi connectivity index (χ1n) is 10.2. The van der Waals surface area contributed by atoms with Crippen molar-refractivity contribution in [2.45, 2.75) is 45.5 Å². The summed E-state index contributed by atoms with van der Waals surface area (Å²) in [5.74, 6) is -0.515. The molecule has 9 heteroatoms. The second kappa shape index (κ2) is 8.82. The first-order chi connectivity index (χ1) is 15.3. The SMILES string of the molecule is Cc1ccc(-c2cc(C(=O)N[C@H](C)c3ccc(C(F)(F)F)[n+]([O-])c3)cc(C(C)(C)O)c2)nc1. The molecule has 33 heavy (non-hydrogen) atoms. The van der Waals surface area contributed by atoms with Gasteiger partial charge in [-0.2, -0.15) is 17.9 Å². The minimum absolute atomic E-state index is 0.213. The maximum atomic E-state index is 13.0. The van der Waals surface area contributed by atoms with Crippen LogP contribution >= 0.6 is 0 Å². The van der Waals surface area contributed by atoms with Crippen LogP contribution in [0.3, 0.4) is 0 Å². The fraction of sp³-hybridized carbons (Fsp3) is 0.292. The van der Waals surface area contributed by atoms with E-state index < -0.39 is 29.4 Å². The summed E-state index contributed by atoms with van der Waals surface area (Å²) < 4.78 is 38.2. The number of aromatic nitrogens is 2. The Morgan fingerprint density at radius 2 is 1.85 bits per heavy atom. The lowest BCUT2D eigenvalue weighted by Gasteiger charge is -2.21. The molecular formula is C24H24F3N3O3. The van der Waals surface area contributed by atoms with Gasteiger partial charge in [0.05, 0.1) is 17.3 Å². The lowest BCUT2D eigenvalue weighted by atomic mass is 9.92. The van der Waals surface area contributed by atoms with E-state index in [0.29, 0.717) is 22.9 Å². The highest BCUT2D eigenvalue weighted by Gasteiger charge is 2.39. The molecule has 1 atom stereocenters. The van der Waals surface area contributed by atoms with Crippen LogP contribution in [0.2, 0.25) is 0 Å². The van der Waals surface area contributed by atoms with E-state index in [9.17, 15) is 28.3 Å². The van der Waals surface area contributed by atoms with Crippen LogP contribution in [-0.4, -0.2) is 16.0 Å². The summed E-state index contributed by atoms with van der Waals surface area (Å²) in [4.78, 5) is 17.4. The Balaban J connectivity index is 1.92. The van der Waals surface area contributed by atoms with Crippen molar-refractivity contribution in [2.75, 3.05) is 0 Å². The van der Waals surface area contributed by atoms with Crippen LogP contribution in [0.25, 0.3) is 11.3 Å². The molecule has 0 fully saturated rings. The average Bonchev–Trinajstić information content (AvgIpc) is 2.72. The average molecular weight is 459 g/mol. The topological polar surface area (TPSA) is 89.2 Å². The first kappa shape index (κ1) is 24.2. The van der Waals surface area contributed by atoms with Crippen molar-refractivity contribution in [1.29, 1.82) is 0 Å². The quantitative estimate of drug-likeness (QED) is 0.437. The monoisotopic (exact) mass is 459 g/mol. The summed E-state index contributed by atoms with van der Waals surface area (Å²) in [6.07, 6.45) is -2.29. The molecule has 0 aliphatic carbocycles. The number of hydrogen-bond acceptors (Lipinski definition) is 4. The Labute approximate surface area is 189 Å². The van der Waals surface area contributed by atoms with Gasteiger partial charge in [0, 0.05) is 29.0 Å². The summed E-state index contributed by atoms with van der Waals surface area (Å²) >= 11 is 0. The van der Waals surface area contributed by atoms with Crippen LogP contribution in [0.15, 0.2) is 54.9 Å². The molecule has 0 saturated heterocycles. The maximum Gasteiger partial charge on any atom is 0.478 e. The molecule has 1 amide bonds. The lowest BCUT2D eigenvalue weighted by molar-refractivity contribution is -0.629. The van der Waals surface area contributed by atoms with Gasteiger partial charge >= 0.3 is 6.18 Å². The predicted molar refractivity (Wildman–Crippen MR) is 116 cm³/mol. The number of halogens is 3. The molecule has 0 bridgehead atoms. The van der Waals surface area contributed by atoms with E-state index in [2.05, 4.69) is 10.3 Å². The highest BCUT2D eigenvalue weighted by atomic mass is 19.4. The molecule has 2 heterocycles. The number of aryl methyl sites for hydroxylation is 1. The summed E-state index contributed by atoms with van der Waals surface area (Å²) in [6, 6.07) is 9.68. The number of alkyl halides is 3. The summed E-state index contributed by atoms with van der Waals surface area (Å²) in [7, 11) is 0. The van der Waals surface area contributed by atoms with Crippen LogP contribution in [0.4, 0.5) is 13.2 Å². The molecule has 0 saturated carbocycles. The third kappa shape index (κ3) is 5.67. The van der Waals surface area contributed by atoms with Gasteiger partial charge in [0.15, 0.2) is 6.20 Å². The fourth-order valence-electron chi connectivity index (χ4n) is 3.23. The van der Waals surface area contributed by atoms with Crippen LogP contribution < -0.4 is 10.0 Å². The van der Waals surface area contributed by atoms with Crippen LogP contribution in [0, 0.1) is 12.1 Å². The summed E-state index contributed by atoms with van der Waals surface area (Å²) in [5.41, 5.74) is 0.582. The molecule has 0 aliphatic heterocycles. The van der Waals surface area contributed by atoms with Gasteiger partial charge in [-0.15, -0.1) is 0 Å². The Morgan fingerprint density at radius 1 is 1.15 bits per heavy atom.